The second-order valence-electron chi connectivity index (χ2n) is 6.99. The summed E-state index contributed by atoms with van der Waals surface area (Å²) in [4.78, 5) is 29.7. The van der Waals surface area contributed by atoms with Crippen LogP contribution in [-0.4, -0.2) is 51.2 Å². The number of aryl methyl sites for hydroxylation is 1. The molecule has 1 amide bonds. The van der Waals surface area contributed by atoms with E-state index in [0.29, 0.717) is 24.7 Å². The smallest absolute Gasteiger partial charge is 0.308 e. The summed E-state index contributed by atoms with van der Waals surface area (Å²) >= 11 is 0. The third kappa shape index (κ3) is 5.09. The molecule has 1 saturated carbocycles. The van der Waals surface area contributed by atoms with Crippen LogP contribution in [-0.2, 0) is 16.0 Å². The number of hydrogen-bond acceptors (Lipinski definition) is 6. The Morgan fingerprint density at radius 1 is 1.32 bits per heavy atom. The first-order valence-corrected chi connectivity index (χ1v) is 9.56. The number of carbonyl (C=O) groups excluding carboxylic acids is 1. The Kier molecular flexibility index (Phi) is 6.28. The third-order valence-electron chi connectivity index (χ3n) is 4.64. The average Bonchev–Trinajstić information content (AvgIpc) is 3.42. The van der Waals surface area contributed by atoms with Crippen molar-refractivity contribution in [3.05, 3.63) is 30.2 Å². The highest BCUT2D eigenvalue weighted by atomic mass is 16.5. The number of benzene rings is 1. The van der Waals surface area contributed by atoms with Gasteiger partial charge in [-0.05, 0) is 44.0 Å². The Bertz CT molecular complexity index is 814. The maximum absolute atomic E-state index is 12.6. The van der Waals surface area contributed by atoms with Crippen LogP contribution in [0.2, 0.25) is 0 Å². The number of rotatable bonds is 10. The second kappa shape index (κ2) is 8.86. The Morgan fingerprint density at radius 2 is 2.04 bits per heavy atom. The molecular formula is C20H25N3O5. The normalized spacial score (nSPS) is 14.5. The van der Waals surface area contributed by atoms with Gasteiger partial charge in [-0.3, -0.25) is 9.59 Å². The summed E-state index contributed by atoms with van der Waals surface area (Å²) < 4.78 is 10.7. The zero-order valence-corrected chi connectivity index (χ0v) is 16.1. The van der Waals surface area contributed by atoms with Crippen LogP contribution in [0.5, 0.6) is 5.75 Å². The van der Waals surface area contributed by atoms with Gasteiger partial charge in [0.05, 0.1) is 12.5 Å². The highest BCUT2D eigenvalue weighted by molar-refractivity contribution is 5.78. The van der Waals surface area contributed by atoms with E-state index in [4.69, 9.17) is 14.4 Å². The number of hydrogen-bond donors (Lipinski definition) is 1. The summed E-state index contributed by atoms with van der Waals surface area (Å²) in [5, 5.41) is 13.1. The summed E-state index contributed by atoms with van der Waals surface area (Å²) in [5.41, 5.74) is 0.805. The number of nitrogens with zero attached hydrogens (tertiary/aromatic N) is 3. The highest BCUT2D eigenvalue weighted by Crippen LogP contribution is 2.28. The van der Waals surface area contributed by atoms with Gasteiger partial charge in [0.1, 0.15) is 5.75 Å². The van der Waals surface area contributed by atoms with Crippen molar-refractivity contribution < 1.29 is 24.0 Å². The minimum atomic E-state index is -0.893. The van der Waals surface area contributed by atoms with Crippen molar-refractivity contribution in [1.29, 1.82) is 0 Å². The van der Waals surface area contributed by atoms with Crippen LogP contribution in [0.4, 0.5) is 0 Å². The summed E-state index contributed by atoms with van der Waals surface area (Å²) in [5.74, 6) is 0.0746. The monoisotopic (exact) mass is 387 g/mol. The topological polar surface area (TPSA) is 106 Å². The largest absolute Gasteiger partial charge is 0.494 e. The SMILES string of the molecule is CCOc1ccc(-c2noc(CCC(=O)N(CC(C)C(=O)O)C3CC3)n2)cc1. The molecule has 0 saturated heterocycles. The summed E-state index contributed by atoms with van der Waals surface area (Å²) in [7, 11) is 0. The average molecular weight is 387 g/mol. The van der Waals surface area contributed by atoms with Gasteiger partial charge in [0.25, 0.3) is 0 Å². The van der Waals surface area contributed by atoms with Crippen LogP contribution in [0.1, 0.15) is 39.0 Å². The molecule has 0 radical (unpaired) electrons. The van der Waals surface area contributed by atoms with Crippen molar-refractivity contribution in [3.63, 3.8) is 0 Å². The lowest BCUT2D eigenvalue weighted by atomic mass is 10.1. The molecule has 1 aliphatic carbocycles. The number of aromatic nitrogens is 2. The van der Waals surface area contributed by atoms with E-state index in [-0.39, 0.29) is 24.9 Å². The minimum absolute atomic E-state index is 0.0728. The van der Waals surface area contributed by atoms with Gasteiger partial charge in [-0.25, -0.2) is 0 Å². The Labute approximate surface area is 163 Å². The fourth-order valence-corrected chi connectivity index (χ4v) is 2.91. The molecule has 1 fully saturated rings. The van der Waals surface area contributed by atoms with Crippen LogP contribution in [0.3, 0.4) is 0 Å². The molecule has 0 spiro atoms. The van der Waals surface area contributed by atoms with Gasteiger partial charge in [0.2, 0.25) is 17.6 Å². The van der Waals surface area contributed by atoms with Crippen LogP contribution >= 0.6 is 0 Å². The van der Waals surface area contributed by atoms with Gasteiger partial charge in [-0.1, -0.05) is 12.1 Å². The molecule has 28 heavy (non-hydrogen) atoms. The zero-order chi connectivity index (χ0) is 20.1. The molecule has 8 nitrogen and oxygen atoms in total. The molecule has 1 aromatic heterocycles. The number of carbonyl (C=O) groups is 2. The molecule has 1 N–H and O–H groups in total. The van der Waals surface area contributed by atoms with E-state index in [1.165, 1.54) is 0 Å². The fraction of sp³-hybridized carbons (Fsp3) is 0.500. The van der Waals surface area contributed by atoms with E-state index >= 15 is 0 Å². The maximum Gasteiger partial charge on any atom is 0.308 e. The lowest BCUT2D eigenvalue weighted by Gasteiger charge is -2.24. The van der Waals surface area contributed by atoms with E-state index in [2.05, 4.69) is 10.1 Å². The summed E-state index contributed by atoms with van der Waals surface area (Å²) in [6.45, 7) is 4.38. The van der Waals surface area contributed by atoms with Crippen molar-refractivity contribution in [2.24, 2.45) is 5.92 Å². The lowest BCUT2D eigenvalue weighted by molar-refractivity contribution is -0.143. The van der Waals surface area contributed by atoms with Gasteiger partial charge in [-0.2, -0.15) is 4.98 Å². The Hall–Kier alpha value is -2.90. The Morgan fingerprint density at radius 3 is 2.64 bits per heavy atom. The molecule has 8 heteroatoms. The first-order chi connectivity index (χ1) is 13.5. The molecule has 1 aliphatic rings. The molecule has 2 aromatic rings. The molecule has 1 aromatic carbocycles. The standard InChI is InChI=1S/C20H25N3O5/c1-3-27-16-8-4-14(5-9-16)19-21-17(28-22-19)10-11-18(24)23(15-6-7-15)12-13(2)20(25)26/h4-5,8-9,13,15H,3,6-7,10-12H2,1-2H3,(H,25,26). The van der Waals surface area contributed by atoms with E-state index in [9.17, 15) is 9.59 Å². The van der Waals surface area contributed by atoms with Crippen molar-refractivity contribution >= 4 is 11.9 Å². The molecule has 0 aliphatic heterocycles. The summed E-state index contributed by atoms with van der Waals surface area (Å²) in [6, 6.07) is 7.56. The first-order valence-electron chi connectivity index (χ1n) is 9.56. The number of carboxylic acids is 1. The van der Waals surface area contributed by atoms with Crippen molar-refractivity contribution in [2.75, 3.05) is 13.2 Å². The van der Waals surface area contributed by atoms with Crippen LogP contribution in [0.15, 0.2) is 28.8 Å². The molecule has 1 unspecified atom stereocenters. The lowest BCUT2D eigenvalue weighted by Crippen LogP contribution is -2.38. The van der Waals surface area contributed by atoms with E-state index < -0.39 is 11.9 Å². The van der Waals surface area contributed by atoms with Crippen LogP contribution in [0, 0.1) is 5.92 Å². The predicted molar refractivity (Wildman–Crippen MR) is 101 cm³/mol. The molecule has 1 atom stereocenters. The van der Waals surface area contributed by atoms with Crippen molar-refractivity contribution in [2.45, 2.75) is 45.6 Å². The number of aliphatic carboxylic acids is 1. The molecule has 3 rings (SSSR count). The van der Waals surface area contributed by atoms with E-state index in [1.54, 1.807) is 11.8 Å². The molecule has 0 bridgehead atoms. The number of carboxylic acid groups (broad SMARTS) is 1. The molecular weight excluding hydrogens is 362 g/mol. The summed E-state index contributed by atoms with van der Waals surface area (Å²) in [6.07, 6.45) is 2.41. The van der Waals surface area contributed by atoms with Gasteiger partial charge in [0.15, 0.2) is 0 Å². The van der Waals surface area contributed by atoms with Gasteiger partial charge in [0, 0.05) is 31.0 Å². The quantitative estimate of drug-likeness (QED) is 0.668. The number of ether oxygens (including phenoxy) is 1. The Balaban J connectivity index is 1.57. The fourth-order valence-electron chi connectivity index (χ4n) is 2.91. The van der Waals surface area contributed by atoms with E-state index in [0.717, 1.165) is 24.2 Å². The molecule has 1 heterocycles. The van der Waals surface area contributed by atoms with Gasteiger partial charge < -0.3 is 19.3 Å². The van der Waals surface area contributed by atoms with Crippen molar-refractivity contribution in [1.82, 2.24) is 15.0 Å². The third-order valence-corrected chi connectivity index (χ3v) is 4.64. The van der Waals surface area contributed by atoms with Crippen LogP contribution in [0.25, 0.3) is 11.4 Å². The second-order valence-corrected chi connectivity index (χ2v) is 6.99. The molecule has 150 valence electrons. The van der Waals surface area contributed by atoms with Gasteiger partial charge >= 0.3 is 5.97 Å². The van der Waals surface area contributed by atoms with Crippen LogP contribution < -0.4 is 4.74 Å². The highest BCUT2D eigenvalue weighted by Gasteiger charge is 2.34. The zero-order valence-electron chi connectivity index (χ0n) is 16.1. The number of amides is 1. The predicted octanol–water partition coefficient (Wildman–Crippen LogP) is 2.78. The first kappa shape index (κ1) is 19.9. The van der Waals surface area contributed by atoms with Gasteiger partial charge in [-0.15, -0.1) is 0 Å². The van der Waals surface area contributed by atoms with E-state index in [1.807, 2.05) is 31.2 Å². The van der Waals surface area contributed by atoms with Crippen molar-refractivity contribution in [3.8, 4) is 17.1 Å². The maximum atomic E-state index is 12.6. The minimum Gasteiger partial charge on any atom is -0.494 e.